The van der Waals surface area contributed by atoms with Gasteiger partial charge >= 0.3 is 0 Å². The predicted molar refractivity (Wildman–Crippen MR) is 142 cm³/mol. The largest absolute Gasteiger partial charge is 0.497 e. The van der Waals surface area contributed by atoms with E-state index in [1.54, 1.807) is 19.3 Å². The number of fused-ring (bicyclic) bond motifs is 3. The molecule has 0 amide bonds. The molecule has 0 spiro atoms. The lowest BCUT2D eigenvalue weighted by molar-refractivity contribution is -0.0176. The van der Waals surface area contributed by atoms with Crippen LogP contribution in [0.2, 0.25) is 0 Å². The van der Waals surface area contributed by atoms with Crippen LogP contribution in [0.15, 0.2) is 58.9 Å². The average molecular weight is 562 g/mol. The molecule has 2 aliphatic rings. The number of rotatable bonds is 5. The second-order valence-corrected chi connectivity index (χ2v) is 9.95. The van der Waals surface area contributed by atoms with E-state index in [1.807, 2.05) is 61.1 Å². The summed E-state index contributed by atoms with van der Waals surface area (Å²) >= 11 is 3.55. The minimum absolute atomic E-state index is 0.154. The summed E-state index contributed by atoms with van der Waals surface area (Å²) in [5, 5.41) is 0.979. The number of nitrogens with zero attached hydrogens (tertiary/aromatic N) is 1. The van der Waals surface area contributed by atoms with Crippen LogP contribution in [0, 0.1) is 6.92 Å². The van der Waals surface area contributed by atoms with Crippen LogP contribution < -0.4 is 18.9 Å². The molecule has 0 bridgehead atoms. The first-order valence-electron chi connectivity index (χ1n) is 11.8. The molecule has 0 unspecified atom stereocenters. The summed E-state index contributed by atoms with van der Waals surface area (Å²) < 4.78 is 31.7. The second-order valence-electron chi connectivity index (χ2n) is 9.04. The number of benzene rings is 3. The van der Waals surface area contributed by atoms with Crippen LogP contribution in [0.4, 0.5) is 0 Å². The standard InChI is InChI=1S/C29H24BrNO6/c1-16-25(35-14-19-9-20(30)8-18-13-34-15-36-29(18)19)7-5-22-27(32)26(37-28(16)22)10-17-12-31(2)24-6-4-21(33-3)11-23(17)24/h4-12H,13-15H2,1-3H3/b26-10-. The summed E-state index contributed by atoms with van der Waals surface area (Å²) in [6.45, 7) is 2.91. The van der Waals surface area contributed by atoms with Crippen molar-refractivity contribution >= 4 is 38.7 Å². The van der Waals surface area contributed by atoms with Gasteiger partial charge < -0.3 is 28.3 Å². The smallest absolute Gasteiger partial charge is 0.231 e. The average Bonchev–Trinajstić information content (AvgIpc) is 3.39. The Hall–Kier alpha value is -3.75. The number of allylic oxidation sites excluding steroid dienone is 1. The summed E-state index contributed by atoms with van der Waals surface area (Å²) in [4.78, 5) is 13.2. The zero-order chi connectivity index (χ0) is 25.7. The molecule has 3 aromatic carbocycles. The maximum absolute atomic E-state index is 13.2. The minimum Gasteiger partial charge on any atom is -0.497 e. The van der Waals surface area contributed by atoms with Gasteiger partial charge in [-0.05, 0) is 55.5 Å². The zero-order valence-electron chi connectivity index (χ0n) is 20.6. The van der Waals surface area contributed by atoms with Gasteiger partial charge in [-0.15, -0.1) is 0 Å². The van der Waals surface area contributed by atoms with Gasteiger partial charge in [-0.25, -0.2) is 0 Å². The normalized spacial score (nSPS) is 15.4. The first kappa shape index (κ1) is 23.6. The lowest BCUT2D eigenvalue weighted by Gasteiger charge is -2.21. The van der Waals surface area contributed by atoms with Gasteiger partial charge in [-0.2, -0.15) is 0 Å². The Balaban J connectivity index is 1.29. The fraction of sp³-hybridized carbons (Fsp3) is 0.207. The fourth-order valence-electron chi connectivity index (χ4n) is 4.83. The molecule has 0 aliphatic carbocycles. The van der Waals surface area contributed by atoms with E-state index in [1.165, 1.54) is 0 Å². The number of hydrogen-bond acceptors (Lipinski definition) is 6. The Labute approximate surface area is 222 Å². The van der Waals surface area contributed by atoms with Gasteiger partial charge in [0.2, 0.25) is 5.78 Å². The number of carbonyl (C=O) groups is 1. The summed E-state index contributed by atoms with van der Waals surface area (Å²) in [5.41, 5.74) is 5.09. The first-order chi connectivity index (χ1) is 17.9. The molecule has 4 aromatic rings. The second kappa shape index (κ2) is 9.28. The van der Waals surface area contributed by atoms with Crippen molar-refractivity contribution in [1.29, 1.82) is 0 Å². The van der Waals surface area contributed by atoms with Crippen LogP contribution >= 0.6 is 15.9 Å². The third kappa shape index (κ3) is 4.16. The van der Waals surface area contributed by atoms with Gasteiger partial charge in [-0.1, -0.05) is 15.9 Å². The molecule has 0 fully saturated rings. The van der Waals surface area contributed by atoms with Crippen molar-refractivity contribution in [2.24, 2.45) is 7.05 Å². The number of carbonyl (C=O) groups excluding carboxylic acids is 1. The molecule has 8 heteroatoms. The van der Waals surface area contributed by atoms with Crippen molar-refractivity contribution < 1.29 is 28.5 Å². The molecule has 3 heterocycles. The number of ether oxygens (including phenoxy) is 5. The van der Waals surface area contributed by atoms with E-state index >= 15 is 0 Å². The van der Waals surface area contributed by atoms with E-state index in [-0.39, 0.29) is 18.3 Å². The Morgan fingerprint density at radius 3 is 2.84 bits per heavy atom. The van der Waals surface area contributed by atoms with Crippen molar-refractivity contribution in [3.8, 4) is 23.0 Å². The van der Waals surface area contributed by atoms with E-state index < -0.39 is 0 Å². The Morgan fingerprint density at radius 2 is 2.00 bits per heavy atom. The van der Waals surface area contributed by atoms with Crippen LogP contribution in [0.1, 0.15) is 32.6 Å². The summed E-state index contributed by atoms with van der Waals surface area (Å²) in [6.07, 6.45) is 3.77. The van der Waals surface area contributed by atoms with E-state index in [2.05, 4.69) is 15.9 Å². The number of Topliss-reactive ketones (excluding diaryl/α,β-unsaturated/α-hetero) is 1. The SMILES string of the molecule is COc1ccc2c(c1)c(/C=C1\Oc3c(ccc(OCc4cc(Br)cc5c4OCOC5)c3C)C1=O)cn2C. The molecule has 0 saturated heterocycles. The number of methoxy groups -OCH3 is 1. The molecular weight excluding hydrogens is 538 g/mol. The maximum atomic E-state index is 13.2. The van der Waals surface area contributed by atoms with Gasteiger partial charge in [0, 0.05) is 50.9 Å². The topological polar surface area (TPSA) is 68.2 Å². The van der Waals surface area contributed by atoms with Gasteiger partial charge in [0.25, 0.3) is 0 Å². The van der Waals surface area contributed by atoms with E-state index in [0.29, 0.717) is 30.3 Å². The van der Waals surface area contributed by atoms with Crippen molar-refractivity contribution in [3.63, 3.8) is 0 Å². The van der Waals surface area contributed by atoms with Gasteiger partial charge in [0.1, 0.15) is 29.6 Å². The van der Waals surface area contributed by atoms with Crippen molar-refractivity contribution in [1.82, 2.24) is 4.57 Å². The highest BCUT2D eigenvalue weighted by molar-refractivity contribution is 9.10. The number of halogens is 1. The predicted octanol–water partition coefficient (Wildman–Crippen LogP) is 6.32. The molecule has 0 saturated carbocycles. The van der Waals surface area contributed by atoms with Crippen LogP contribution in [0.25, 0.3) is 17.0 Å². The molecule has 0 N–H and O–H groups in total. The van der Waals surface area contributed by atoms with E-state index in [0.717, 1.165) is 49.1 Å². The highest BCUT2D eigenvalue weighted by Gasteiger charge is 2.30. The number of aromatic nitrogens is 1. The molecule has 0 radical (unpaired) electrons. The van der Waals surface area contributed by atoms with Gasteiger partial charge in [0.15, 0.2) is 12.6 Å². The minimum atomic E-state index is -0.154. The lowest BCUT2D eigenvalue weighted by Crippen LogP contribution is -2.14. The Morgan fingerprint density at radius 1 is 1.14 bits per heavy atom. The third-order valence-electron chi connectivity index (χ3n) is 6.69. The molecular formula is C29H24BrNO6. The molecule has 37 heavy (non-hydrogen) atoms. The summed E-state index contributed by atoms with van der Waals surface area (Å²) in [5.74, 6) is 2.83. The van der Waals surface area contributed by atoms with Crippen LogP contribution in [-0.2, 0) is 25.0 Å². The number of aryl methyl sites for hydroxylation is 1. The number of hydrogen-bond donors (Lipinski definition) is 0. The van der Waals surface area contributed by atoms with E-state index in [9.17, 15) is 4.79 Å². The molecule has 7 nitrogen and oxygen atoms in total. The summed E-state index contributed by atoms with van der Waals surface area (Å²) in [7, 11) is 3.61. The molecule has 6 rings (SSSR count). The third-order valence-corrected chi connectivity index (χ3v) is 7.14. The fourth-order valence-corrected chi connectivity index (χ4v) is 5.38. The van der Waals surface area contributed by atoms with Crippen molar-refractivity contribution in [2.75, 3.05) is 13.9 Å². The highest BCUT2D eigenvalue weighted by atomic mass is 79.9. The molecule has 188 valence electrons. The van der Waals surface area contributed by atoms with Crippen molar-refractivity contribution in [2.45, 2.75) is 20.1 Å². The number of ketones is 1. The van der Waals surface area contributed by atoms with E-state index in [4.69, 9.17) is 23.7 Å². The first-order valence-corrected chi connectivity index (χ1v) is 12.6. The lowest BCUT2D eigenvalue weighted by atomic mass is 10.1. The van der Waals surface area contributed by atoms with Gasteiger partial charge in [0.05, 0.1) is 19.3 Å². The van der Waals surface area contributed by atoms with Gasteiger partial charge in [-0.3, -0.25) is 4.79 Å². The maximum Gasteiger partial charge on any atom is 0.231 e. The van der Waals surface area contributed by atoms with Crippen molar-refractivity contribution in [3.05, 3.63) is 86.7 Å². The van der Waals surface area contributed by atoms with Crippen LogP contribution in [0.5, 0.6) is 23.0 Å². The molecule has 2 aliphatic heterocycles. The summed E-state index contributed by atoms with van der Waals surface area (Å²) in [6, 6.07) is 13.4. The monoisotopic (exact) mass is 561 g/mol. The quantitative estimate of drug-likeness (QED) is 0.265. The highest BCUT2D eigenvalue weighted by Crippen LogP contribution is 2.41. The van der Waals surface area contributed by atoms with Crippen LogP contribution in [0.3, 0.4) is 0 Å². The Bertz CT molecular complexity index is 1600. The van der Waals surface area contributed by atoms with Crippen LogP contribution in [-0.4, -0.2) is 24.3 Å². The Kier molecular flexibility index (Phi) is 5.93. The molecule has 1 aromatic heterocycles. The zero-order valence-corrected chi connectivity index (χ0v) is 22.2. The molecule has 0 atom stereocenters.